The summed E-state index contributed by atoms with van der Waals surface area (Å²) in [6, 6.07) is 28.6. The van der Waals surface area contributed by atoms with Gasteiger partial charge in [0.2, 0.25) is 0 Å². The van der Waals surface area contributed by atoms with E-state index in [0.29, 0.717) is 19.6 Å². The van der Waals surface area contributed by atoms with Gasteiger partial charge in [-0.2, -0.15) is 0 Å². The molecule has 1 atom stereocenters. The molecule has 3 aromatic carbocycles. The maximum Gasteiger partial charge on any atom is 0.252 e. The van der Waals surface area contributed by atoms with E-state index in [1.165, 1.54) is 5.56 Å². The third-order valence-corrected chi connectivity index (χ3v) is 6.80. The van der Waals surface area contributed by atoms with Crippen LogP contribution in [0.3, 0.4) is 0 Å². The number of rotatable bonds is 10. The highest BCUT2D eigenvalue weighted by Gasteiger charge is 2.27. The Labute approximate surface area is 216 Å². The second kappa shape index (κ2) is 11.3. The number of aromatic amines is 1. The van der Waals surface area contributed by atoms with Crippen molar-refractivity contribution in [2.24, 2.45) is 0 Å². The van der Waals surface area contributed by atoms with Gasteiger partial charge in [-0.3, -0.25) is 9.69 Å². The van der Waals surface area contributed by atoms with Gasteiger partial charge < -0.3 is 4.98 Å². The molecule has 0 aliphatic heterocycles. The second-order valence-electron chi connectivity index (χ2n) is 9.54. The number of hydrogen-bond donors (Lipinski definition) is 1. The third-order valence-electron chi connectivity index (χ3n) is 6.80. The number of H-pyrrole nitrogens is 1. The van der Waals surface area contributed by atoms with Gasteiger partial charge in [0.25, 0.3) is 5.56 Å². The van der Waals surface area contributed by atoms with Crippen molar-refractivity contribution in [3.8, 4) is 0 Å². The van der Waals surface area contributed by atoms with Crippen LogP contribution in [0.4, 0.5) is 0 Å². The van der Waals surface area contributed by atoms with Crippen molar-refractivity contribution in [2.75, 3.05) is 0 Å². The highest BCUT2D eigenvalue weighted by molar-refractivity contribution is 5.81. The monoisotopic (exact) mass is 492 g/mol. The lowest BCUT2D eigenvalue weighted by molar-refractivity contribution is 0.156. The lowest BCUT2D eigenvalue weighted by Crippen LogP contribution is -2.32. The molecule has 5 aromatic rings. The van der Waals surface area contributed by atoms with Crippen LogP contribution in [0.1, 0.15) is 53.9 Å². The number of benzene rings is 3. The van der Waals surface area contributed by atoms with E-state index in [1.807, 2.05) is 72.3 Å². The molecule has 2 aromatic heterocycles. The van der Waals surface area contributed by atoms with Crippen molar-refractivity contribution in [3.05, 3.63) is 123 Å². The Hall–Kier alpha value is -4.10. The molecule has 0 aliphatic rings. The molecule has 0 bridgehead atoms. The van der Waals surface area contributed by atoms with E-state index in [0.717, 1.165) is 46.3 Å². The smallest absolute Gasteiger partial charge is 0.252 e. The number of pyridine rings is 1. The predicted molar refractivity (Wildman–Crippen MR) is 146 cm³/mol. The largest absolute Gasteiger partial charge is 0.321 e. The van der Waals surface area contributed by atoms with Crippen LogP contribution in [0.25, 0.3) is 10.9 Å². The van der Waals surface area contributed by atoms with Crippen LogP contribution in [0.5, 0.6) is 0 Å². The minimum absolute atomic E-state index is 0.0565. The van der Waals surface area contributed by atoms with Crippen LogP contribution in [0, 0.1) is 6.92 Å². The van der Waals surface area contributed by atoms with E-state index < -0.39 is 0 Å². The Balaban J connectivity index is 1.54. The topological polar surface area (TPSA) is 79.7 Å². The standard InChI is InChI=1S/C30H32N6O/c1-3-11-27(29-32-33-34-36(29)20-24-15-8-5-9-16-24)35(19-23-13-6-4-7-14-23)21-26-18-25-17-10-12-22(2)28(25)31-30(26)37/h4-10,12-18,27H,3,11,19-21H2,1-2H3,(H,31,37). The van der Waals surface area contributed by atoms with E-state index in [4.69, 9.17) is 0 Å². The first-order valence-electron chi connectivity index (χ1n) is 12.8. The zero-order valence-electron chi connectivity index (χ0n) is 21.3. The number of tetrazole rings is 1. The third kappa shape index (κ3) is 5.67. The second-order valence-corrected chi connectivity index (χ2v) is 9.54. The number of nitrogens with one attached hydrogen (secondary N) is 1. The molecule has 0 aliphatic carbocycles. The first-order chi connectivity index (χ1) is 18.1. The molecule has 2 heterocycles. The fourth-order valence-corrected chi connectivity index (χ4v) is 4.93. The summed E-state index contributed by atoms with van der Waals surface area (Å²) >= 11 is 0. The molecule has 37 heavy (non-hydrogen) atoms. The normalized spacial score (nSPS) is 12.3. The van der Waals surface area contributed by atoms with E-state index in [2.05, 4.69) is 56.6 Å². The summed E-state index contributed by atoms with van der Waals surface area (Å²) in [5.74, 6) is 0.815. The molecule has 5 rings (SSSR count). The molecular weight excluding hydrogens is 460 g/mol. The van der Waals surface area contributed by atoms with Crippen LogP contribution in [0.15, 0.2) is 89.7 Å². The fraction of sp³-hybridized carbons (Fsp3) is 0.267. The highest BCUT2D eigenvalue weighted by atomic mass is 16.1. The molecule has 0 radical (unpaired) electrons. The van der Waals surface area contributed by atoms with Gasteiger partial charge in [0.15, 0.2) is 5.82 Å². The average Bonchev–Trinajstić information content (AvgIpc) is 3.37. The van der Waals surface area contributed by atoms with Gasteiger partial charge in [0.1, 0.15) is 0 Å². The number of aryl methyl sites for hydroxylation is 1. The Bertz CT molecular complexity index is 1510. The maximum atomic E-state index is 13.2. The van der Waals surface area contributed by atoms with Crippen LogP contribution < -0.4 is 5.56 Å². The van der Waals surface area contributed by atoms with Gasteiger partial charge in [-0.15, -0.1) is 5.10 Å². The summed E-state index contributed by atoms with van der Waals surface area (Å²) in [6.45, 7) is 5.94. The quantitative estimate of drug-likeness (QED) is 0.282. The van der Waals surface area contributed by atoms with Gasteiger partial charge in [-0.25, -0.2) is 4.68 Å². The van der Waals surface area contributed by atoms with E-state index >= 15 is 0 Å². The Morgan fingerprint density at radius 3 is 2.38 bits per heavy atom. The zero-order chi connectivity index (χ0) is 25.6. The van der Waals surface area contributed by atoms with Crippen molar-refractivity contribution in [1.82, 2.24) is 30.1 Å². The molecule has 1 N–H and O–H groups in total. The summed E-state index contributed by atoms with van der Waals surface area (Å²) in [7, 11) is 0. The Kier molecular flexibility index (Phi) is 7.51. The number of fused-ring (bicyclic) bond motifs is 1. The van der Waals surface area contributed by atoms with Crippen molar-refractivity contribution >= 4 is 10.9 Å². The summed E-state index contributed by atoms with van der Waals surface area (Å²) < 4.78 is 1.89. The van der Waals surface area contributed by atoms with Gasteiger partial charge in [0, 0.05) is 18.7 Å². The van der Waals surface area contributed by atoms with Crippen LogP contribution in [0.2, 0.25) is 0 Å². The summed E-state index contributed by atoms with van der Waals surface area (Å²) in [6.07, 6.45) is 1.83. The number of para-hydroxylation sites is 1. The molecule has 0 saturated heterocycles. The number of hydrogen-bond acceptors (Lipinski definition) is 5. The minimum Gasteiger partial charge on any atom is -0.321 e. The lowest BCUT2D eigenvalue weighted by atomic mass is 10.0. The predicted octanol–water partition coefficient (Wildman–Crippen LogP) is 5.41. The molecule has 0 saturated carbocycles. The Morgan fingerprint density at radius 1 is 0.919 bits per heavy atom. The molecule has 188 valence electrons. The molecule has 7 heteroatoms. The van der Waals surface area contributed by atoms with Gasteiger partial charge in [-0.1, -0.05) is 92.2 Å². The first kappa shape index (κ1) is 24.6. The van der Waals surface area contributed by atoms with Gasteiger partial charge in [0.05, 0.1) is 18.1 Å². The molecule has 0 amide bonds. The first-order valence-corrected chi connectivity index (χ1v) is 12.8. The SMILES string of the molecule is CCCC(c1nnnn1Cc1ccccc1)N(Cc1ccccc1)Cc1cc2cccc(C)c2[nH]c1=O. The van der Waals surface area contributed by atoms with Gasteiger partial charge in [-0.05, 0) is 51.9 Å². The van der Waals surface area contributed by atoms with E-state index in [9.17, 15) is 4.79 Å². The molecule has 1 unspecified atom stereocenters. The minimum atomic E-state index is -0.0588. The van der Waals surface area contributed by atoms with Gasteiger partial charge >= 0.3 is 0 Å². The van der Waals surface area contributed by atoms with Crippen LogP contribution >= 0.6 is 0 Å². The molecule has 0 spiro atoms. The lowest BCUT2D eigenvalue weighted by Gasteiger charge is -2.31. The van der Waals surface area contributed by atoms with Crippen molar-refractivity contribution in [3.63, 3.8) is 0 Å². The summed E-state index contributed by atoms with van der Waals surface area (Å²) in [5, 5.41) is 13.9. The number of aromatic nitrogens is 5. The van der Waals surface area contributed by atoms with Crippen molar-refractivity contribution in [2.45, 2.75) is 52.4 Å². The zero-order valence-corrected chi connectivity index (χ0v) is 21.3. The Morgan fingerprint density at radius 2 is 1.65 bits per heavy atom. The van der Waals surface area contributed by atoms with Crippen LogP contribution in [-0.4, -0.2) is 30.1 Å². The van der Waals surface area contributed by atoms with Crippen LogP contribution in [-0.2, 0) is 19.6 Å². The fourth-order valence-electron chi connectivity index (χ4n) is 4.93. The number of nitrogens with zero attached hydrogens (tertiary/aromatic N) is 5. The highest BCUT2D eigenvalue weighted by Crippen LogP contribution is 2.28. The maximum absolute atomic E-state index is 13.2. The van der Waals surface area contributed by atoms with E-state index in [1.54, 1.807) is 0 Å². The molecule has 7 nitrogen and oxygen atoms in total. The van der Waals surface area contributed by atoms with E-state index in [-0.39, 0.29) is 11.6 Å². The molecule has 0 fully saturated rings. The average molecular weight is 493 g/mol. The van der Waals surface area contributed by atoms with Crippen molar-refractivity contribution < 1.29 is 0 Å². The summed E-state index contributed by atoms with van der Waals surface area (Å²) in [5.41, 5.74) is 4.95. The summed E-state index contributed by atoms with van der Waals surface area (Å²) in [4.78, 5) is 18.7. The van der Waals surface area contributed by atoms with Crippen molar-refractivity contribution in [1.29, 1.82) is 0 Å². The molecular formula is C30H32N6O.